The first-order chi connectivity index (χ1) is 15.8. The minimum atomic E-state index is -0.661. The fraction of sp³-hybridized carbons (Fsp3) is 0.923. The van der Waals surface area contributed by atoms with Crippen LogP contribution in [-0.2, 0) is 9.53 Å². The first kappa shape index (κ1) is 24.9. The van der Waals surface area contributed by atoms with E-state index >= 15 is 0 Å². The van der Waals surface area contributed by atoms with Gasteiger partial charge in [0.2, 0.25) is 0 Å². The molecule has 1 saturated heterocycles. The van der Waals surface area contributed by atoms with Crippen molar-refractivity contribution in [2.45, 2.75) is 88.8 Å². The van der Waals surface area contributed by atoms with E-state index in [0.29, 0.717) is 23.9 Å². The van der Waals surface area contributed by atoms with Crippen LogP contribution >= 0.6 is 0 Å². The van der Waals surface area contributed by atoms with Crippen LogP contribution in [0.2, 0.25) is 0 Å². The normalized spacial score (nSPS) is 39.2. The molecule has 0 aromatic rings. The number of carboxylic acids is 1. The number of carboxylic acid groups (broad SMARTS) is 1. The molecule has 4 rings (SSSR count). The molecule has 3 saturated carbocycles. The third-order valence-corrected chi connectivity index (χ3v) is 9.33. The lowest BCUT2D eigenvalue weighted by atomic mass is 9.64. The third kappa shape index (κ3) is 5.91. The maximum atomic E-state index is 12.2. The van der Waals surface area contributed by atoms with E-state index in [9.17, 15) is 9.90 Å². The minimum absolute atomic E-state index is 0.125. The van der Waals surface area contributed by atoms with Gasteiger partial charge in [-0.1, -0.05) is 12.8 Å². The first-order valence-corrected chi connectivity index (χ1v) is 13.4. The second-order valence-electron chi connectivity index (χ2n) is 11.7. The summed E-state index contributed by atoms with van der Waals surface area (Å²) >= 11 is 0. The van der Waals surface area contributed by atoms with Crippen molar-refractivity contribution in [3.63, 3.8) is 0 Å². The van der Waals surface area contributed by atoms with Crippen molar-refractivity contribution in [3.8, 4) is 0 Å². The average molecular weight is 463 g/mol. The topological polar surface area (TPSA) is 103 Å². The molecule has 0 radical (unpaired) electrons. The van der Waals surface area contributed by atoms with Gasteiger partial charge in [0.15, 0.2) is 0 Å². The van der Waals surface area contributed by atoms with E-state index in [1.807, 2.05) is 0 Å². The molecule has 0 aromatic heterocycles. The molecule has 0 aromatic carbocycles. The number of carbonyl (C=O) groups is 1. The van der Waals surface area contributed by atoms with Crippen molar-refractivity contribution >= 4 is 11.8 Å². The summed E-state index contributed by atoms with van der Waals surface area (Å²) in [4.78, 5) is 16.7. The summed E-state index contributed by atoms with van der Waals surface area (Å²) in [6, 6.07) is -0.0760. The highest BCUT2D eigenvalue weighted by Crippen LogP contribution is 2.48. The number of fused-ring (bicyclic) bond motifs is 2. The standard InChI is InChI=1S/C26H46N4O3/c1-29(2)11-4-12-33-21-9-10-22-17(13-21)5-3-6-20(22)16-30-23-15-19(25(27)28)8-7-18(23)14-24(30)26(31)32/h17-24H,3-16H2,1-2H3,(H3,27,28)(H,31,32). The number of rotatable bonds is 9. The van der Waals surface area contributed by atoms with Gasteiger partial charge in [-0.2, -0.15) is 0 Å². The van der Waals surface area contributed by atoms with Crippen LogP contribution in [0, 0.1) is 35.0 Å². The number of ether oxygens (including phenoxy) is 1. The highest BCUT2D eigenvalue weighted by Gasteiger charge is 2.49. The van der Waals surface area contributed by atoms with Crippen LogP contribution in [0.25, 0.3) is 0 Å². The molecule has 8 atom stereocenters. The maximum absolute atomic E-state index is 12.2. The molecule has 188 valence electrons. The number of likely N-dealkylation sites (tertiary alicyclic amines) is 1. The number of hydrogen-bond acceptors (Lipinski definition) is 5. The van der Waals surface area contributed by atoms with Crippen molar-refractivity contribution in [1.29, 1.82) is 5.41 Å². The fourth-order valence-electron chi connectivity index (χ4n) is 7.66. The van der Waals surface area contributed by atoms with E-state index in [2.05, 4.69) is 23.9 Å². The molecule has 3 aliphatic carbocycles. The maximum Gasteiger partial charge on any atom is 0.320 e. The van der Waals surface area contributed by atoms with Crippen LogP contribution in [0.15, 0.2) is 0 Å². The Balaban J connectivity index is 1.36. The van der Waals surface area contributed by atoms with Gasteiger partial charge in [0.05, 0.1) is 11.9 Å². The van der Waals surface area contributed by atoms with Crippen molar-refractivity contribution in [1.82, 2.24) is 9.80 Å². The Morgan fingerprint density at radius 3 is 2.64 bits per heavy atom. The summed E-state index contributed by atoms with van der Waals surface area (Å²) in [7, 11) is 4.22. The molecular formula is C26H46N4O3. The molecule has 0 spiro atoms. The number of aliphatic carboxylic acids is 1. The van der Waals surface area contributed by atoms with Gasteiger partial charge in [0, 0.05) is 25.1 Å². The Hall–Kier alpha value is -1.18. The number of hydrogen-bond donors (Lipinski definition) is 3. The Kier molecular flexibility index (Phi) is 8.34. The van der Waals surface area contributed by atoms with E-state index in [1.165, 1.54) is 32.1 Å². The third-order valence-electron chi connectivity index (χ3n) is 9.33. The van der Waals surface area contributed by atoms with Crippen LogP contribution in [0.3, 0.4) is 0 Å². The van der Waals surface area contributed by atoms with E-state index in [4.69, 9.17) is 15.9 Å². The molecule has 8 unspecified atom stereocenters. The van der Waals surface area contributed by atoms with Crippen molar-refractivity contribution in [2.24, 2.45) is 35.3 Å². The number of nitrogens with one attached hydrogen (secondary N) is 1. The summed E-state index contributed by atoms with van der Waals surface area (Å²) in [5, 5.41) is 18.0. The number of amidine groups is 1. The van der Waals surface area contributed by atoms with Crippen LogP contribution in [0.5, 0.6) is 0 Å². The van der Waals surface area contributed by atoms with Gasteiger partial charge in [-0.15, -0.1) is 0 Å². The van der Waals surface area contributed by atoms with Crippen LogP contribution < -0.4 is 5.73 Å². The zero-order chi connectivity index (χ0) is 23.5. The lowest BCUT2D eigenvalue weighted by Gasteiger charge is -2.46. The molecule has 7 nitrogen and oxygen atoms in total. The highest BCUT2D eigenvalue weighted by atomic mass is 16.5. The average Bonchev–Trinajstić information content (AvgIpc) is 3.14. The Labute approximate surface area is 199 Å². The largest absolute Gasteiger partial charge is 0.480 e. The molecule has 1 heterocycles. The first-order valence-electron chi connectivity index (χ1n) is 13.4. The van der Waals surface area contributed by atoms with Gasteiger partial charge in [0.1, 0.15) is 6.04 Å². The summed E-state index contributed by atoms with van der Waals surface area (Å²) in [5.74, 6) is 2.24. The number of nitrogens with zero attached hydrogens (tertiary/aromatic N) is 2. The van der Waals surface area contributed by atoms with Gasteiger partial charge in [-0.05, 0) is 102 Å². The second-order valence-corrected chi connectivity index (χ2v) is 11.7. The lowest BCUT2D eigenvalue weighted by Crippen LogP contribution is -2.49. The molecule has 7 heteroatoms. The van der Waals surface area contributed by atoms with E-state index in [-0.39, 0.29) is 23.8 Å². The van der Waals surface area contributed by atoms with Crippen LogP contribution in [0.4, 0.5) is 0 Å². The predicted molar refractivity (Wildman–Crippen MR) is 130 cm³/mol. The highest BCUT2D eigenvalue weighted by molar-refractivity contribution is 5.80. The molecule has 4 fully saturated rings. The van der Waals surface area contributed by atoms with Gasteiger partial charge in [-0.25, -0.2) is 0 Å². The fourth-order valence-corrected chi connectivity index (χ4v) is 7.66. The summed E-state index contributed by atoms with van der Waals surface area (Å²) in [6.45, 7) is 2.85. The Bertz CT molecular complexity index is 686. The minimum Gasteiger partial charge on any atom is -0.480 e. The van der Waals surface area contributed by atoms with Gasteiger partial charge < -0.3 is 20.5 Å². The quantitative estimate of drug-likeness (QED) is 0.276. The van der Waals surface area contributed by atoms with Gasteiger partial charge in [-0.3, -0.25) is 15.1 Å². The summed E-state index contributed by atoms with van der Waals surface area (Å²) in [5.41, 5.74) is 5.87. The molecule has 4 N–H and O–H groups in total. The monoisotopic (exact) mass is 462 g/mol. The molecule has 4 aliphatic rings. The molecule has 0 amide bonds. The van der Waals surface area contributed by atoms with E-state index in [1.54, 1.807) is 0 Å². The summed E-state index contributed by atoms with van der Waals surface area (Å²) in [6.07, 6.45) is 12.5. The van der Waals surface area contributed by atoms with E-state index in [0.717, 1.165) is 64.1 Å². The van der Waals surface area contributed by atoms with Crippen molar-refractivity contribution in [3.05, 3.63) is 0 Å². The van der Waals surface area contributed by atoms with Crippen molar-refractivity contribution in [2.75, 3.05) is 33.8 Å². The SMILES string of the molecule is CN(C)CCCOC1CCC2C(CCCC2CN2C(C(=O)O)CC3CCC(C(=N)N)CC32)C1. The second kappa shape index (κ2) is 11.0. The molecule has 33 heavy (non-hydrogen) atoms. The van der Waals surface area contributed by atoms with Crippen LogP contribution in [0.1, 0.15) is 70.6 Å². The Morgan fingerprint density at radius 2 is 1.91 bits per heavy atom. The smallest absolute Gasteiger partial charge is 0.320 e. The van der Waals surface area contributed by atoms with Gasteiger partial charge >= 0.3 is 5.97 Å². The zero-order valence-corrected chi connectivity index (χ0v) is 20.8. The predicted octanol–water partition coefficient (Wildman–Crippen LogP) is 3.42. The molecule has 1 aliphatic heterocycles. The van der Waals surface area contributed by atoms with Gasteiger partial charge in [0.25, 0.3) is 0 Å². The number of nitrogens with two attached hydrogens (primary N) is 1. The summed E-state index contributed by atoms with van der Waals surface area (Å²) < 4.78 is 6.26. The lowest BCUT2D eigenvalue weighted by molar-refractivity contribution is -0.143. The molecular weight excluding hydrogens is 416 g/mol. The Morgan fingerprint density at radius 1 is 1.09 bits per heavy atom. The zero-order valence-electron chi connectivity index (χ0n) is 20.8. The van der Waals surface area contributed by atoms with Crippen molar-refractivity contribution < 1.29 is 14.6 Å². The molecule has 0 bridgehead atoms. The van der Waals surface area contributed by atoms with Crippen LogP contribution in [-0.4, -0.2) is 78.7 Å². The van der Waals surface area contributed by atoms with E-state index < -0.39 is 5.97 Å².